The van der Waals surface area contributed by atoms with Gasteiger partial charge in [-0.2, -0.15) is 15.7 Å². The molecule has 51 heavy (non-hydrogen) atoms. The molecule has 1 aliphatic carbocycles. The van der Waals surface area contributed by atoms with Crippen LogP contribution in [0.2, 0.25) is 0 Å². The lowest BCUT2D eigenvalue weighted by atomic mass is 9.98. The summed E-state index contributed by atoms with van der Waals surface area (Å²) in [6, 6.07) is 23.3. The van der Waals surface area contributed by atoms with Gasteiger partial charge >= 0.3 is 12.2 Å². The molecule has 1 aliphatic heterocycles. The number of Topliss-reactive ketones (excluding diaryl/α,β-unsaturated/α-hetero) is 1. The molecule has 11 heteroatoms. The van der Waals surface area contributed by atoms with Gasteiger partial charge in [0.05, 0.1) is 11.6 Å². The van der Waals surface area contributed by atoms with E-state index in [2.05, 4.69) is 28.8 Å². The molecule has 0 bridgehead atoms. The van der Waals surface area contributed by atoms with E-state index in [0.29, 0.717) is 16.5 Å². The van der Waals surface area contributed by atoms with Crippen molar-refractivity contribution in [2.75, 3.05) is 18.1 Å². The maximum Gasteiger partial charge on any atom is 0.419 e. The highest BCUT2D eigenvalue weighted by atomic mass is 32.2. The number of alkyl carbamates (subject to hydrolysis) is 1. The van der Waals surface area contributed by atoms with E-state index in [1.54, 1.807) is 39.1 Å². The molecule has 2 heterocycles. The number of carbonyl (C=O) groups excluding carboxylic acids is 4. The Morgan fingerprint density at radius 3 is 2.16 bits per heavy atom. The highest BCUT2D eigenvalue weighted by Gasteiger charge is 2.32. The Hall–Kier alpha value is -5.21. The van der Waals surface area contributed by atoms with Gasteiger partial charge in [-0.05, 0) is 85.9 Å². The number of ketones is 1. The van der Waals surface area contributed by atoms with Crippen molar-refractivity contribution in [1.29, 1.82) is 5.26 Å². The summed E-state index contributed by atoms with van der Waals surface area (Å²) in [6.45, 7) is 6.94. The fourth-order valence-electron chi connectivity index (χ4n) is 6.76. The minimum absolute atomic E-state index is 0.0148. The monoisotopic (exact) mass is 706 g/mol. The number of fused-ring (bicyclic) bond motifs is 4. The lowest BCUT2D eigenvalue weighted by Gasteiger charge is -2.22. The van der Waals surface area contributed by atoms with E-state index >= 15 is 0 Å². The molecule has 2 N–H and O–H groups in total. The number of para-hydroxylation sites is 1. The molecular weight excluding hydrogens is 665 g/mol. The average molecular weight is 707 g/mol. The standard InChI is InChI=1S/C40H42N4O6S/c1-25(42-38(47)49-24-32-30-16-7-5-14-28(30)29-15-6-8-17-31(29)32)37(46)43-33(36(45)35(22-41)51-19-11-12-20-51)21-26-23-44(39(48)50-40(2,3)4)34-18-10-9-13-27(26)34/h5-10,13-18,23,25,32-33H,11-12,19-21,24H2,1-4H3,(H,42,47)(H,43,46)/t25?,33-/m0/s1. The molecule has 1 unspecified atom stereocenters. The van der Waals surface area contributed by atoms with Gasteiger partial charge in [0.2, 0.25) is 11.7 Å². The Kier molecular flexibility index (Phi) is 10.4. The van der Waals surface area contributed by atoms with E-state index in [4.69, 9.17) is 9.47 Å². The van der Waals surface area contributed by atoms with Crippen molar-refractivity contribution < 1.29 is 28.7 Å². The number of rotatable bonds is 9. The Morgan fingerprint density at radius 2 is 1.53 bits per heavy atom. The zero-order valence-electron chi connectivity index (χ0n) is 29.2. The van der Waals surface area contributed by atoms with Crippen LogP contribution < -0.4 is 10.6 Å². The maximum absolute atomic E-state index is 14.1. The van der Waals surface area contributed by atoms with E-state index in [1.807, 2.05) is 48.5 Å². The van der Waals surface area contributed by atoms with Gasteiger partial charge in [-0.15, -0.1) is 0 Å². The number of benzene rings is 3. The number of aromatic nitrogens is 1. The van der Waals surface area contributed by atoms with Gasteiger partial charge < -0.3 is 20.1 Å². The summed E-state index contributed by atoms with van der Waals surface area (Å²) < 4.78 is 12.7. The Morgan fingerprint density at radius 1 is 0.922 bits per heavy atom. The second kappa shape index (κ2) is 15.0. The largest absolute Gasteiger partial charge is 0.449 e. The third-order valence-electron chi connectivity index (χ3n) is 9.16. The normalized spacial score (nSPS) is 15.3. The molecule has 264 valence electrons. The topological polar surface area (TPSA) is 140 Å². The summed E-state index contributed by atoms with van der Waals surface area (Å²) in [6.07, 6.45) is 2.16. The molecule has 1 aromatic heterocycles. The van der Waals surface area contributed by atoms with E-state index in [9.17, 15) is 24.4 Å². The summed E-state index contributed by atoms with van der Waals surface area (Å²) in [5.41, 5.74) is 4.83. The molecule has 0 radical (unpaired) electrons. The molecule has 0 saturated carbocycles. The third kappa shape index (κ3) is 7.76. The van der Waals surface area contributed by atoms with E-state index in [0.717, 1.165) is 46.6 Å². The van der Waals surface area contributed by atoms with Crippen LogP contribution in [0.3, 0.4) is 0 Å². The van der Waals surface area contributed by atoms with Crippen LogP contribution in [-0.4, -0.2) is 69.1 Å². The van der Waals surface area contributed by atoms with Crippen molar-refractivity contribution in [3.63, 3.8) is 0 Å². The van der Waals surface area contributed by atoms with Gasteiger partial charge in [0.1, 0.15) is 29.2 Å². The molecule has 3 aromatic carbocycles. The number of hydrogen-bond acceptors (Lipinski definition) is 7. The fourth-order valence-corrected chi connectivity index (χ4v) is 9.04. The smallest absolute Gasteiger partial charge is 0.419 e. The predicted octanol–water partition coefficient (Wildman–Crippen LogP) is 6.71. The molecule has 2 atom stereocenters. The number of amides is 2. The minimum Gasteiger partial charge on any atom is -0.449 e. The van der Waals surface area contributed by atoms with Crippen LogP contribution in [0, 0.1) is 11.3 Å². The predicted molar refractivity (Wildman–Crippen MR) is 199 cm³/mol. The zero-order valence-corrected chi connectivity index (χ0v) is 30.0. The third-order valence-corrected chi connectivity index (χ3v) is 11.6. The first-order chi connectivity index (χ1) is 24.4. The maximum atomic E-state index is 14.1. The zero-order chi connectivity index (χ0) is 36.3. The average Bonchev–Trinajstić information content (AvgIpc) is 3.84. The van der Waals surface area contributed by atoms with Crippen LogP contribution in [0.4, 0.5) is 9.59 Å². The van der Waals surface area contributed by atoms with Gasteiger partial charge in [-0.1, -0.05) is 66.7 Å². The van der Waals surface area contributed by atoms with Gasteiger partial charge in [-0.25, -0.2) is 9.59 Å². The second-order valence-electron chi connectivity index (χ2n) is 13.9. The van der Waals surface area contributed by atoms with Crippen LogP contribution in [0.15, 0.2) is 79.0 Å². The highest BCUT2D eigenvalue weighted by molar-refractivity contribution is 8.17. The first kappa shape index (κ1) is 35.6. The molecule has 10 nitrogen and oxygen atoms in total. The molecule has 0 spiro atoms. The summed E-state index contributed by atoms with van der Waals surface area (Å²) in [5.74, 6) is 0.303. The molecule has 1 saturated heterocycles. The van der Waals surface area contributed by atoms with E-state index in [-0.39, 0.29) is 23.8 Å². The molecule has 2 amide bonds. The summed E-state index contributed by atoms with van der Waals surface area (Å²) in [4.78, 5) is 54.1. The molecule has 6 rings (SSSR count). The Labute approximate surface area is 300 Å². The van der Waals surface area contributed by atoms with Crippen LogP contribution >= 0.6 is 10.5 Å². The van der Waals surface area contributed by atoms with Gasteiger partial charge in [0, 0.05) is 23.9 Å². The number of nitrogens with one attached hydrogen (secondary N) is 2. The summed E-state index contributed by atoms with van der Waals surface area (Å²) >= 11 is 0. The van der Waals surface area contributed by atoms with Gasteiger partial charge in [0.25, 0.3) is 0 Å². The van der Waals surface area contributed by atoms with Crippen molar-refractivity contribution in [3.05, 3.63) is 95.7 Å². The van der Waals surface area contributed by atoms with Crippen molar-refractivity contribution in [2.45, 2.75) is 70.6 Å². The number of ether oxygens (including phenoxy) is 2. The van der Waals surface area contributed by atoms with Crippen molar-refractivity contribution in [2.24, 2.45) is 0 Å². The van der Waals surface area contributed by atoms with Crippen LogP contribution in [0.25, 0.3) is 22.0 Å². The molecule has 1 fully saturated rings. The number of nitrogens with zero attached hydrogens (tertiary/aromatic N) is 2. The van der Waals surface area contributed by atoms with Crippen LogP contribution in [0.1, 0.15) is 63.1 Å². The van der Waals surface area contributed by atoms with E-state index in [1.165, 1.54) is 11.5 Å². The fraction of sp³-hybridized carbons (Fsp3) is 0.350. The lowest BCUT2D eigenvalue weighted by molar-refractivity contribution is -0.126. The highest BCUT2D eigenvalue weighted by Crippen LogP contribution is 2.44. The van der Waals surface area contributed by atoms with Gasteiger partial charge in [0.15, 0.2) is 0 Å². The quantitative estimate of drug-likeness (QED) is 0.185. The molecular formula is C40H42N4O6S. The number of hydrogen-bond donors (Lipinski definition) is 2. The van der Waals surface area contributed by atoms with Crippen molar-refractivity contribution >= 4 is 50.1 Å². The number of carbonyl (C=O) groups is 4. The number of nitriles is 1. The van der Waals surface area contributed by atoms with Crippen LogP contribution in [-0.2, 0) is 25.5 Å². The molecule has 4 aromatic rings. The van der Waals surface area contributed by atoms with E-state index < -0.39 is 52.0 Å². The first-order valence-electron chi connectivity index (χ1n) is 17.2. The lowest BCUT2D eigenvalue weighted by Crippen LogP contribution is -2.52. The first-order valence-corrected chi connectivity index (χ1v) is 18.7. The van der Waals surface area contributed by atoms with Crippen LogP contribution in [0.5, 0.6) is 0 Å². The Balaban J connectivity index is 1.20. The molecule has 2 aliphatic rings. The Bertz CT molecular complexity index is 2030. The van der Waals surface area contributed by atoms with Gasteiger partial charge in [-0.3, -0.25) is 14.2 Å². The summed E-state index contributed by atoms with van der Waals surface area (Å²) in [7, 11) is -0.499. The minimum atomic E-state index is -1.12. The second-order valence-corrected chi connectivity index (χ2v) is 16.1. The summed E-state index contributed by atoms with van der Waals surface area (Å²) in [5, 5.41) is 16.3. The SMILES string of the molecule is CC(NC(=O)OCC1c2ccccc2-c2ccccc21)C(=O)N[C@@H](Cc1cn(C(=O)OC(C)(C)C)c2ccccc12)C(=O)C(C#N)=S1CCCC1. The van der Waals surface area contributed by atoms with Crippen molar-refractivity contribution in [3.8, 4) is 17.2 Å². The van der Waals surface area contributed by atoms with Crippen molar-refractivity contribution in [1.82, 2.24) is 15.2 Å².